The predicted octanol–water partition coefficient (Wildman–Crippen LogP) is 3.31. The summed E-state index contributed by atoms with van der Waals surface area (Å²) in [5.41, 5.74) is 9.22. The van der Waals surface area contributed by atoms with Crippen molar-refractivity contribution in [1.82, 2.24) is 14.5 Å². The molecule has 0 spiro atoms. The number of nitrogen functional groups attached to an aromatic ring is 1. The molecule has 0 bridgehead atoms. The first-order valence-corrected chi connectivity index (χ1v) is 7.11. The molecule has 2 N–H and O–H groups in total. The summed E-state index contributed by atoms with van der Waals surface area (Å²) in [5.74, 6) is 1.28. The number of imidazole rings is 1. The maximum Gasteiger partial charge on any atom is 0.201 e. The number of anilines is 1. The van der Waals surface area contributed by atoms with Gasteiger partial charge in [-0.2, -0.15) is 0 Å². The van der Waals surface area contributed by atoms with E-state index in [1.165, 1.54) is 12.8 Å². The van der Waals surface area contributed by atoms with E-state index in [0.29, 0.717) is 11.9 Å². The Bertz CT molecular complexity index is 812. The maximum atomic E-state index is 6.22. The molecule has 1 aliphatic rings. The lowest BCUT2D eigenvalue weighted by molar-refractivity contribution is 0.318. The van der Waals surface area contributed by atoms with Crippen LogP contribution in [-0.4, -0.2) is 14.5 Å². The standard InChI is InChI=1S/C16H18N4/c1-16(2,10-7-8-10)20-14-11-5-3-4-6-12(11)18-9-13(14)19-15(20)17/h3-6,9-10H,7-8H2,1-2H3,(H2,17,19). The zero-order valence-corrected chi connectivity index (χ0v) is 11.8. The van der Waals surface area contributed by atoms with Crippen LogP contribution in [-0.2, 0) is 5.54 Å². The Morgan fingerprint density at radius 3 is 2.70 bits per heavy atom. The Hall–Kier alpha value is -2.10. The molecule has 1 fully saturated rings. The smallest absolute Gasteiger partial charge is 0.201 e. The van der Waals surface area contributed by atoms with Gasteiger partial charge in [0.1, 0.15) is 5.52 Å². The van der Waals surface area contributed by atoms with Crippen LogP contribution in [0.15, 0.2) is 30.5 Å². The van der Waals surface area contributed by atoms with Crippen LogP contribution in [0, 0.1) is 5.92 Å². The number of nitrogens with two attached hydrogens (primary N) is 1. The van der Waals surface area contributed by atoms with E-state index in [4.69, 9.17) is 5.73 Å². The van der Waals surface area contributed by atoms with Gasteiger partial charge < -0.3 is 10.3 Å². The van der Waals surface area contributed by atoms with Gasteiger partial charge in [0.2, 0.25) is 5.95 Å². The summed E-state index contributed by atoms with van der Waals surface area (Å²) < 4.78 is 2.21. The fourth-order valence-corrected chi connectivity index (χ4v) is 3.28. The SMILES string of the molecule is CC(C)(C1CC1)n1c(N)nc2cnc3ccccc3c21. The number of rotatable bonds is 2. The number of pyridine rings is 1. The second-order valence-electron chi connectivity index (χ2n) is 6.24. The molecule has 0 aliphatic heterocycles. The quantitative estimate of drug-likeness (QED) is 0.774. The summed E-state index contributed by atoms with van der Waals surface area (Å²) in [6.45, 7) is 4.52. The second-order valence-corrected chi connectivity index (χ2v) is 6.24. The Morgan fingerprint density at radius 2 is 1.95 bits per heavy atom. The Morgan fingerprint density at radius 1 is 1.20 bits per heavy atom. The molecule has 3 aromatic rings. The van der Waals surface area contributed by atoms with Crippen molar-refractivity contribution in [2.24, 2.45) is 5.92 Å². The largest absolute Gasteiger partial charge is 0.369 e. The number of nitrogens with zero attached hydrogens (tertiary/aromatic N) is 3. The molecule has 4 rings (SSSR count). The molecule has 1 aromatic carbocycles. The molecule has 102 valence electrons. The summed E-state index contributed by atoms with van der Waals surface area (Å²) >= 11 is 0. The van der Waals surface area contributed by atoms with Gasteiger partial charge in [0, 0.05) is 10.9 Å². The van der Waals surface area contributed by atoms with Gasteiger partial charge in [-0.15, -0.1) is 0 Å². The van der Waals surface area contributed by atoms with Crippen LogP contribution in [0.25, 0.3) is 21.9 Å². The van der Waals surface area contributed by atoms with Gasteiger partial charge >= 0.3 is 0 Å². The fourth-order valence-electron chi connectivity index (χ4n) is 3.28. The molecular formula is C16H18N4. The van der Waals surface area contributed by atoms with Crippen LogP contribution in [0.5, 0.6) is 0 Å². The van der Waals surface area contributed by atoms with Gasteiger partial charge in [-0.05, 0) is 38.7 Å². The Balaban J connectivity index is 2.14. The van der Waals surface area contributed by atoms with Gasteiger partial charge in [-0.3, -0.25) is 4.98 Å². The number of benzene rings is 1. The molecule has 1 saturated carbocycles. The summed E-state index contributed by atoms with van der Waals surface area (Å²) in [6, 6.07) is 8.19. The molecule has 4 nitrogen and oxygen atoms in total. The van der Waals surface area contributed by atoms with E-state index in [1.807, 2.05) is 24.4 Å². The van der Waals surface area contributed by atoms with Crippen molar-refractivity contribution in [2.45, 2.75) is 32.2 Å². The van der Waals surface area contributed by atoms with E-state index in [-0.39, 0.29) is 5.54 Å². The second kappa shape index (κ2) is 3.72. The van der Waals surface area contributed by atoms with E-state index in [1.54, 1.807) is 0 Å². The summed E-state index contributed by atoms with van der Waals surface area (Å²) in [6.07, 6.45) is 4.37. The van der Waals surface area contributed by atoms with E-state index in [9.17, 15) is 0 Å². The minimum absolute atomic E-state index is 0.00293. The van der Waals surface area contributed by atoms with Crippen LogP contribution in [0.4, 0.5) is 5.95 Å². The number of fused-ring (bicyclic) bond motifs is 3. The van der Waals surface area contributed by atoms with Crippen molar-refractivity contribution in [3.63, 3.8) is 0 Å². The molecule has 0 unspecified atom stereocenters. The third-order valence-electron chi connectivity index (χ3n) is 4.57. The number of para-hydroxylation sites is 1. The van der Waals surface area contributed by atoms with E-state index < -0.39 is 0 Å². The molecular weight excluding hydrogens is 248 g/mol. The first kappa shape index (κ1) is 11.7. The van der Waals surface area contributed by atoms with E-state index in [2.05, 4.69) is 34.4 Å². The highest BCUT2D eigenvalue weighted by molar-refractivity contribution is 6.03. The molecule has 0 amide bonds. The molecule has 2 heterocycles. The summed E-state index contributed by atoms with van der Waals surface area (Å²) in [5, 5.41) is 1.13. The van der Waals surface area contributed by atoms with Crippen LogP contribution < -0.4 is 5.73 Å². The molecule has 0 radical (unpaired) electrons. The van der Waals surface area contributed by atoms with Crippen LogP contribution >= 0.6 is 0 Å². The minimum atomic E-state index is 0.00293. The van der Waals surface area contributed by atoms with Gasteiger partial charge in [-0.1, -0.05) is 18.2 Å². The summed E-state index contributed by atoms with van der Waals surface area (Å²) in [4.78, 5) is 8.99. The van der Waals surface area contributed by atoms with E-state index >= 15 is 0 Å². The lowest BCUT2D eigenvalue weighted by Crippen LogP contribution is -2.29. The third-order valence-corrected chi connectivity index (χ3v) is 4.57. The molecule has 4 heteroatoms. The average molecular weight is 266 g/mol. The molecule has 2 aromatic heterocycles. The molecule has 0 saturated heterocycles. The molecule has 20 heavy (non-hydrogen) atoms. The minimum Gasteiger partial charge on any atom is -0.369 e. The first-order chi connectivity index (χ1) is 9.59. The van der Waals surface area contributed by atoms with Gasteiger partial charge in [0.25, 0.3) is 0 Å². The van der Waals surface area contributed by atoms with Gasteiger partial charge in [0.15, 0.2) is 0 Å². The fraction of sp³-hybridized carbons (Fsp3) is 0.375. The normalized spacial score (nSPS) is 16.1. The molecule has 0 atom stereocenters. The topological polar surface area (TPSA) is 56.7 Å². The number of hydrogen-bond acceptors (Lipinski definition) is 3. The van der Waals surface area contributed by atoms with Crippen molar-refractivity contribution >= 4 is 27.9 Å². The van der Waals surface area contributed by atoms with Crippen LogP contribution in [0.1, 0.15) is 26.7 Å². The van der Waals surface area contributed by atoms with Gasteiger partial charge in [-0.25, -0.2) is 4.98 Å². The van der Waals surface area contributed by atoms with Crippen LogP contribution in [0.2, 0.25) is 0 Å². The summed E-state index contributed by atoms with van der Waals surface area (Å²) in [7, 11) is 0. The number of aromatic nitrogens is 3. The average Bonchev–Trinajstić information content (AvgIpc) is 3.21. The zero-order valence-electron chi connectivity index (χ0n) is 11.8. The molecule has 1 aliphatic carbocycles. The van der Waals surface area contributed by atoms with Crippen molar-refractivity contribution < 1.29 is 0 Å². The zero-order chi connectivity index (χ0) is 13.9. The monoisotopic (exact) mass is 266 g/mol. The Kier molecular flexibility index (Phi) is 2.18. The van der Waals surface area contributed by atoms with Crippen LogP contribution in [0.3, 0.4) is 0 Å². The van der Waals surface area contributed by atoms with Crippen molar-refractivity contribution in [3.05, 3.63) is 30.5 Å². The van der Waals surface area contributed by atoms with Crippen molar-refractivity contribution in [3.8, 4) is 0 Å². The lowest BCUT2D eigenvalue weighted by Gasteiger charge is -2.28. The Labute approximate surface area is 117 Å². The van der Waals surface area contributed by atoms with E-state index in [0.717, 1.165) is 21.9 Å². The highest BCUT2D eigenvalue weighted by atomic mass is 15.2. The van der Waals surface area contributed by atoms with Crippen molar-refractivity contribution in [1.29, 1.82) is 0 Å². The predicted molar refractivity (Wildman–Crippen MR) is 81.5 cm³/mol. The lowest BCUT2D eigenvalue weighted by atomic mass is 9.97. The third kappa shape index (κ3) is 1.48. The highest BCUT2D eigenvalue weighted by Crippen LogP contribution is 2.46. The first-order valence-electron chi connectivity index (χ1n) is 7.11. The van der Waals surface area contributed by atoms with Gasteiger partial charge in [0.05, 0.1) is 17.2 Å². The van der Waals surface area contributed by atoms with Crippen molar-refractivity contribution in [2.75, 3.05) is 5.73 Å². The highest BCUT2D eigenvalue weighted by Gasteiger charge is 2.41. The number of hydrogen-bond donors (Lipinski definition) is 1. The maximum absolute atomic E-state index is 6.22.